The summed E-state index contributed by atoms with van der Waals surface area (Å²) < 4.78 is 92.5. The van der Waals surface area contributed by atoms with E-state index in [1.54, 1.807) is 30.3 Å². The Bertz CT molecular complexity index is 1320. The first-order valence-electron chi connectivity index (χ1n) is 9.89. The molecule has 1 aromatic heterocycles. The topological polar surface area (TPSA) is 77.1 Å². The average molecular weight is 497 g/mol. The largest absolute Gasteiger partial charge is 0.497 e. The summed E-state index contributed by atoms with van der Waals surface area (Å²) in [5.74, 6) is -6.20. The molecule has 2 aromatic carbocycles. The highest BCUT2D eigenvalue weighted by molar-refractivity contribution is 5.51. The second-order valence-electron chi connectivity index (χ2n) is 7.33. The lowest BCUT2D eigenvalue weighted by atomic mass is 10.0. The molecule has 0 aliphatic heterocycles. The van der Waals surface area contributed by atoms with Gasteiger partial charge in [0.25, 0.3) is 12.0 Å². The minimum atomic E-state index is -4.89. The predicted molar refractivity (Wildman–Crippen MR) is 111 cm³/mol. The molecule has 0 aliphatic rings. The summed E-state index contributed by atoms with van der Waals surface area (Å²) in [5.41, 5.74) is -3.44. The van der Waals surface area contributed by atoms with Crippen LogP contribution in [0.15, 0.2) is 47.5 Å². The molecule has 0 saturated heterocycles. The number of hydrogen-bond acceptors (Lipinski definition) is 5. The average Bonchev–Trinajstić information content (AvgIpc) is 2.82. The van der Waals surface area contributed by atoms with Gasteiger partial charge in [0.15, 0.2) is 5.69 Å². The van der Waals surface area contributed by atoms with E-state index in [2.05, 4.69) is 4.98 Å². The minimum Gasteiger partial charge on any atom is -0.497 e. The number of hydrogen-bond donors (Lipinski definition) is 0. The van der Waals surface area contributed by atoms with Crippen LogP contribution < -0.4 is 15.0 Å². The van der Waals surface area contributed by atoms with E-state index in [-0.39, 0.29) is 17.7 Å². The Balaban J connectivity index is 2.17. The van der Waals surface area contributed by atoms with Crippen LogP contribution in [-0.4, -0.2) is 23.1 Å². The van der Waals surface area contributed by atoms with Crippen LogP contribution in [0.1, 0.15) is 34.4 Å². The molecule has 6 nitrogen and oxygen atoms in total. The quantitative estimate of drug-likeness (QED) is 0.381. The molecule has 0 aliphatic carbocycles. The normalized spacial score (nSPS) is 11.6. The van der Waals surface area contributed by atoms with Crippen molar-refractivity contribution in [1.29, 1.82) is 5.26 Å². The Labute approximate surface area is 195 Å². The third-order valence-corrected chi connectivity index (χ3v) is 5.06. The van der Waals surface area contributed by atoms with Crippen molar-refractivity contribution in [2.75, 3.05) is 7.11 Å². The van der Waals surface area contributed by atoms with Crippen LogP contribution in [-0.2, 0) is 12.5 Å². The van der Waals surface area contributed by atoms with E-state index in [1.165, 1.54) is 14.0 Å². The predicted octanol–water partition coefficient (Wildman–Crippen LogP) is 5.57. The van der Waals surface area contributed by atoms with Crippen LogP contribution in [0.2, 0.25) is 0 Å². The van der Waals surface area contributed by atoms with Gasteiger partial charge in [0.05, 0.1) is 31.6 Å². The first-order valence-corrected chi connectivity index (χ1v) is 9.89. The molecule has 3 aromatic rings. The van der Waals surface area contributed by atoms with Gasteiger partial charge in [-0.25, -0.2) is 22.5 Å². The maximum Gasteiger partial charge on any atom is 0.352 e. The van der Waals surface area contributed by atoms with Gasteiger partial charge in [0.1, 0.15) is 11.5 Å². The van der Waals surface area contributed by atoms with Gasteiger partial charge < -0.3 is 9.47 Å². The second-order valence-corrected chi connectivity index (χ2v) is 7.33. The van der Waals surface area contributed by atoms with Crippen molar-refractivity contribution < 1.29 is 35.8 Å². The van der Waals surface area contributed by atoms with Gasteiger partial charge >= 0.3 is 12.3 Å². The maximum absolute atomic E-state index is 14.3. The van der Waals surface area contributed by atoms with Crippen molar-refractivity contribution >= 4 is 0 Å². The number of methoxy groups -OCH3 is 1. The lowest BCUT2D eigenvalue weighted by molar-refractivity contribution is -0.139. The molecule has 0 spiro atoms. The Morgan fingerprint density at radius 2 is 1.80 bits per heavy atom. The summed E-state index contributed by atoms with van der Waals surface area (Å²) in [6.07, 6.45) is -6.64. The molecule has 35 heavy (non-hydrogen) atoms. The molecule has 1 heterocycles. The summed E-state index contributed by atoms with van der Waals surface area (Å²) in [6.45, 7) is 1.06. The number of rotatable bonds is 8. The summed E-state index contributed by atoms with van der Waals surface area (Å²) in [7, 11) is 1.44. The summed E-state index contributed by atoms with van der Waals surface area (Å²) >= 11 is 0. The highest BCUT2D eigenvalue weighted by atomic mass is 19.3. The SMILES string of the molecule is COc1ccc(Cn2cnc(C(F)(F)C(F)F)c(Oc3cc(C(F)F)cc(C#N)c3C)c2=O)cc1. The minimum absolute atomic E-state index is 0.0619. The Kier molecular flexibility index (Phi) is 7.38. The number of ether oxygens (including phenoxy) is 2. The molecule has 3 rings (SSSR count). The van der Waals surface area contributed by atoms with E-state index >= 15 is 0 Å². The van der Waals surface area contributed by atoms with E-state index in [9.17, 15) is 36.4 Å². The van der Waals surface area contributed by atoms with Crippen LogP contribution in [0.5, 0.6) is 17.2 Å². The highest BCUT2D eigenvalue weighted by Gasteiger charge is 2.48. The Morgan fingerprint density at radius 1 is 1.14 bits per heavy atom. The second kappa shape index (κ2) is 10.1. The van der Waals surface area contributed by atoms with Crippen LogP contribution in [0.4, 0.5) is 26.3 Å². The lowest BCUT2D eigenvalue weighted by Gasteiger charge is -2.20. The monoisotopic (exact) mass is 497 g/mol. The van der Waals surface area contributed by atoms with Crippen molar-refractivity contribution in [2.45, 2.75) is 32.2 Å². The van der Waals surface area contributed by atoms with E-state index < -0.39 is 47.1 Å². The van der Waals surface area contributed by atoms with E-state index in [0.29, 0.717) is 17.6 Å². The number of nitrogens with zero attached hydrogens (tertiary/aromatic N) is 3. The zero-order valence-electron chi connectivity index (χ0n) is 18.2. The van der Waals surface area contributed by atoms with Crippen LogP contribution in [0.25, 0.3) is 0 Å². The third kappa shape index (κ3) is 5.24. The van der Waals surface area contributed by atoms with Crippen molar-refractivity contribution in [2.24, 2.45) is 0 Å². The van der Waals surface area contributed by atoms with Gasteiger partial charge in [-0.2, -0.15) is 14.0 Å². The fourth-order valence-electron chi connectivity index (χ4n) is 3.11. The molecular weight excluding hydrogens is 480 g/mol. The van der Waals surface area contributed by atoms with Gasteiger partial charge in [-0.3, -0.25) is 9.36 Å². The zero-order valence-corrected chi connectivity index (χ0v) is 18.2. The molecular formula is C23H17F6N3O3. The molecule has 0 bridgehead atoms. The van der Waals surface area contributed by atoms with E-state index in [0.717, 1.165) is 16.7 Å². The highest BCUT2D eigenvalue weighted by Crippen LogP contribution is 2.39. The standard InChI is InChI=1S/C23H17F6N3O3/c1-12-15(9-30)7-14(20(24)25)8-17(12)35-18-19(23(28,29)22(26)27)31-11-32(21(18)33)10-13-3-5-16(34-2)6-4-13/h3-8,11,20,22H,10H2,1-2H3. The first-order chi connectivity index (χ1) is 16.5. The van der Waals surface area contributed by atoms with Crippen molar-refractivity contribution in [1.82, 2.24) is 9.55 Å². The number of aromatic nitrogens is 2. The molecule has 0 saturated carbocycles. The Hall–Kier alpha value is -4.01. The smallest absolute Gasteiger partial charge is 0.352 e. The van der Waals surface area contributed by atoms with Gasteiger partial charge in [0, 0.05) is 11.1 Å². The molecule has 0 unspecified atom stereocenters. The molecule has 0 radical (unpaired) electrons. The van der Waals surface area contributed by atoms with Gasteiger partial charge in [-0.05, 0) is 36.8 Å². The van der Waals surface area contributed by atoms with Crippen molar-refractivity contribution in [3.63, 3.8) is 0 Å². The Morgan fingerprint density at radius 3 is 2.34 bits per heavy atom. The summed E-state index contributed by atoms with van der Waals surface area (Å²) in [4.78, 5) is 16.4. The third-order valence-electron chi connectivity index (χ3n) is 5.06. The zero-order chi connectivity index (χ0) is 25.9. The van der Waals surface area contributed by atoms with Gasteiger partial charge in [0.2, 0.25) is 5.75 Å². The van der Waals surface area contributed by atoms with Crippen LogP contribution >= 0.6 is 0 Å². The van der Waals surface area contributed by atoms with E-state index in [1.807, 2.05) is 0 Å². The number of nitriles is 1. The summed E-state index contributed by atoms with van der Waals surface area (Å²) in [5, 5.41) is 9.22. The molecule has 12 heteroatoms. The molecule has 0 atom stereocenters. The number of halogens is 6. The maximum atomic E-state index is 14.3. The molecule has 184 valence electrons. The number of benzene rings is 2. The lowest BCUT2D eigenvalue weighted by Crippen LogP contribution is -2.31. The van der Waals surface area contributed by atoms with Gasteiger partial charge in [-0.15, -0.1) is 0 Å². The number of alkyl halides is 6. The molecule has 0 amide bonds. The molecule has 0 fully saturated rings. The first kappa shape index (κ1) is 25.6. The van der Waals surface area contributed by atoms with Crippen LogP contribution in [0.3, 0.4) is 0 Å². The van der Waals surface area contributed by atoms with Crippen molar-refractivity contribution in [3.05, 3.63) is 81.0 Å². The fourth-order valence-corrected chi connectivity index (χ4v) is 3.11. The van der Waals surface area contributed by atoms with Crippen LogP contribution in [0, 0.1) is 18.3 Å². The van der Waals surface area contributed by atoms with Gasteiger partial charge in [-0.1, -0.05) is 12.1 Å². The van der Waals surface area contributed by atoms with E-state index in [4.69, 9.17) is 9.47 Å². The fraction of sp³-hybridized carbons (Fsp3) is 0.261. The summed E-state index contributed by atoms with van der Waals surface area (Å²) in [6, 6.07) is 9.56. The van der Waals surface area contributed by atoms with Crippen molar-refractivity contribution in [3.8, 4) is 23.3 Å². The molecule has 0 N–H and O–H groups in total.